The Labute approximate surface area is 136 Å². The predicted octanol–water partition coefficient (Wildman–Crippen LogP) is 5.92. The molecule has 0 aromatic heterocycles. The van der Waals surface area contributed by atoms with Gasteiger partial charge < -0.3 is 5.32 Å². The van der Waals surface area contributed by atoms with Crippen LogP contribution in [0, 0.1) is 6.92 Å². The van der Waals surface area contributed by atoms with E-state index in [1.165, 1.54) is 62.5 Å². The second kappa shape index (κ2) is 11.1. The third-order valence-electron chi connectivity index (χ3n) is 4.24. The van der Waals surface area contributed by atoms with Gasteiger partial charge in [0.25, 0.3) is 0 Å². The minimum atomic E-state index is 0.542. The van der Waals surface area contributed by atoms with Crippen LogP contribution in [0.15, 0.2) is 18.2 Å². The van der Waals surface area contributed by atoms with E-state index in [1.54, 1.807) is 0 Å². The second-order valence-electron chi connectivity index (χ2n) is 6.19. The minimum Gasteiger partial charge on any atom is -0.317 e. The van der Waals surface area contributed by atoms with Crippen molar-refractivity contribution >= 4 is 11.6 Å². The van der Waals surface area contributed by atoms with E-state index in [9.17, 15) is 0 Å². The van der Waals surface area contributed by atoms with Gasteiger partial charge in [0, 0.05) is 11.1 Å². The van der Waals surface area contributed by atoms with Crippen molar-refractivity contribution in [2.75, 3.05) is 7.05 Å². The molecular formula is C19H32ClN. The van der Waals surface area contributed by atoms with Crippen LogP contribution in [-0.4, -0.2) is 13.1 Å². The Morgan fingerprint density at radius 2 is 1.71 bits per heavy atom. The van der Waals surface area contributed by atoms with Crippen LogP contribution in [0.25, 0.3) is 0 Å². The van der Waals surface area contributed by atoms with Gasteiger partial charge in [0.1, 0.15) is 0 Å². The van der Waals surface area contributed by atoms with Crippen molar-refractivity contribution in [3.05, 3.63) is 34.3 Å². The molecule has 0 spiro atoms. The van der Waals surface area contributed by atoms with Gasteiger partial charge in [-0.3, -0.25) is 0 Å². The lowest BCUT2D eigenvalue weighted by atomic mass is 9.99. The van der Waals surface area contributed by atoms with Gasteiger partial charge in [-0.25, -0.2) is 0 Å². The molecule has 0 amide bonds. The standard InChI is InChI=1S/C19H32ClN/c1-4-5-6-7-8-9-10-11-18(21-3)15-17-13-12-16(2)14-19(17)20/h12-14,18,21H,4-11,15H2,1-3H3. The van der Waals surface area contributed by atoms with E-state index in [2.05, 4.69) is 44.4 Å². The molecular weight excluding hydrogens is 278 g/mol. The molecule has 0 aliphatic heterocycles. The fourth-order valence-electron chi connectivity index (χ4n) is 2.78. The number of hydrogen-bond acceptors (Lipinski definition) is 1. The van der Waals surface area contributed by atoms with Crippen molar-refractivity contribution in [2.24, 2.45) is 0 Å². The van der Waals surface area contributed by atoms with Crippen molar-refractivity contribution in [3.8, 4) is 0 Å². The largest absolute Gasteiger partial charge is 0.317 e. The smallest absolute Gasteiger partial charge is 0.0441 e. The molecule has 1 unspecified atom stereocenters. The average Bonchev–Trinajstić information content (AvgIpc) is 2.47. The summed E-state index contributed by atoms with van der Waals surface area (Å²) in [6.45, 7) is 4.36. The molecule has 1 atom stereocenters. The molecule has 0 fully saturated rings. The maximum absolute atomic E-state index is 6.34. The van der Waals surface area contributed by atoms with Gasteiger partial charge in [-0.2, -0.15) is 0 Å². The zero-order valence-electron chi connectivity index (χ0n) is 14.1. The van der Waals surface area contributed by atoms with Gasteiger partial charge in [0.15, 0.2) is 0 Å². The summed E-state index contributed by atoms with van der Waals surface area (Å²) in [7, 11) is 2.06. The summed E-state index contributed by atoms with van der Waals surface area (Å²) in [5.41, 5.74) is 2.50. The van der Waals surface area contributed by atoms with E-state index < -0.39 is 0 Å². The SMILES string of the molecule is CCCCCCCCCC(Cc1ccc(C)cc1Cl)NC. The number of benzene rings is 1. The van der Waals surface area contributed by atoms with Crippen LogP contribution >= 0.6 is 11.6 Å². The average molecular weight is 310 g/mol. The Kier molecular flexibility index (Phi) is 9.78. The van der Waals surface area contributed by atoms with Crippen LogP contribution in [-0.2, 0) is 6.42 Å². The van der Waals surface area contributed by atoms with E-state index in [4.69, 9.17) is 11.6 Å². The Morgan fingerprint density at radius 3 is 2.33 bits per heavy atom. The highest BCUT2D eigenvalue weighted by atomic mass is 35.5. The number of likely N-dealkylation sites (N-methyl/N-ethyl adjacent to an activating group) is 1. The number of unbranched alkanes of at least 4 members (excludes halogenated alkanes) is 6. The minimum absolute atomic E-state index is 0.542. The van der Waals surface area contributed by atoms with Crippen molar-refractivity contribution in [3.63, 3.8) is 0 Å². The molecule has 1 N–H and O–H groups in total. The Balaban J connectivity index is 2.25. The molecule has 120 valence electrons. The first kappa shape index (κ1) is 18.5. The lowest BCUT2D eigenvalue weighted by molar-refractivity contribution is 0.478. The molecule has 0 aliphatic carbocycles. The number of nitrogens with one attached hydrogen (secondary N) is 1. The van der Waals surface area contributed by atoms with Crippen LogP contribution in [0.2, 0.25) is 5.02 Å². The highest BCUT2D eigenvalue weighted by Gasteiger charge is 2.09. The zero-order chi connectivity index (χ0) is 15.5. The van der Waals surface area contributed by atoms with E-state index in [0.29, 0.717) is 6.04 Å². The topological polar surface area (TPSA) is 12.0 Å². The van der Waals surface area contributed by atoms with Gasteiger partial charge in [-0.1, -0.05) is 75.6 Å². The molecule has 1 aromatic carbocycles. The lowest BCUT2D eigenvalue weighted by Crippen LogP contribution is -2.27. The second-order valence-corrected chi connectivity index (χ2v) is 6.60. The van der Waals surface area contributed by atoms with Crippen molar-refractivity contribution in [1.82, 2.24) is 5.32 Å². The molecule has 0 bridgehead atoms. The summed E-state index contributed by atoms with van der Waals surface area (Å²) in [6, 6.07) is 6.94. The van der Waals surface area contributed by atoms with E-state index in [1.807, 2.05) is 0 Å². The highest BCUT2D eigenvalue weighted by molar-refractivity contribution is 6.31. The first-order chi connectivity index (χ1) is 10.2. The molecule has 21 heavy (non-hydrogen) atoms. The van der Waals surface area contributed by atoms with E-state index in [-0.39, 0.29) is 0 Å². The Bertz CT molecular complexity index is 389. The summed E-state index contributed by atoms with van der Waals surface area (Å²) in [4.78, 5) is 0. The van der Waals surface area contributed by atoms with Crippen LogP contribution in [0.4, 0.5) is 0 Å². The maximum atomic E-state index is 6.34. The van der Waals surface area contributed by atoms with Crippen molar-refractivity contribution in [1.29, 1.82) is 0 Å². The first-order valence-corrected chi connectivity index (χ1v) is 8.97. The molecule has 0 radical (unpaired) electrons. The number of halogens is 1. The maximum Gasteiger partial charge on any atom is 0.0441 e. The van der Waals surface area contributed by atoms with Crippen LogP contribution in [0.5, 0.6) is 0 Å². The molecule has 1 aromatic rings. The quantitative estimate of drug-likeness (QED) is 0.500. The summed E-state index contributed by atoms with van der Waals surface area (Å²) < 4.78 is 0. The van der Waals surface area contributed by atoms with E-state index >= 15 is 0 Å². The molecule has 0 heterocycles. The van der Waals surface area contributed by atoms with Crippen LogP contribution in [0.3, 0.4) is 0 Å². The fraction of sp³-hybridized carbons (Fsp3) is 0.684. The number of aryl methyl sites for hydroxylation is 1. The molecule has 2 heteroatoms. The Hall–Kier alpha value is -0.530. The Morgan fingerprint density at radius 1 is 1.05 bits per heavy atom. The zero-order valence-corrected chi connectivity index (χ0v) is 14.8. The number of hydrogen-bond donors (Lipinski definition) is 1. The summed E-state index contributed by atoms with van der Waals surface area (Å²) in [6.07, 6.45) is 11.9. The summed E-state index contributed by atoms with van der Waals surface area (Å²) >= 11 is 6.34. The van der Waals surface area contributed by atoms with Gasteiger partial charge in [0.2, 0.25) is 0 Å². The summed E-state index contributed by atoms with van der Waals surface area (Å²) in [5, 5.41) is 4.36. The molecule has 0 aliphatic rings. The van der Waals surface area contributed by atoms with Crippen LogP contribution < -0.4 is 5.32 Å². The van der Waals surface area contributed by atoms with Crippen molar-refractivity contribution < 1.29 is 0 Å². The normalized spacial score (nSPS) is 12.6. The van der Waals surface area contributed by atoms with E-state index in [0.717, 1.165) is 11.4 Å². The fourth-order valence-corrected chi connectivity index (χ4v) is 3.09. The van der Waals surface area contributed by atoms with Gasteiger partial charge >= 0.3 is 0 Å². The molecule has 1 nitrogen and oxygen atoms in total. The van der Waals surface area contributed by atoms with Crippen molar-refractivity contribution in [2.45, 2.75) is 77.7 Å². The lowest BCUT2D eigenvalue weighted by Gasteiger charge is -2.17. The molecule has 0 saturated carbocycles. The highest BCUT2D eigenvalue weighted by Crippen LogP contribution is 2.20. The molecule has 1 rings (SSSR count). The first-order valence-electron chi connectivity index (χ1n) is 8.59. The predicted molar refractivity (Wildman–Crippen MR) is 95.4 cm³/mol. The third kappa shape index (κ3) is 7.87. The monoisotopic (exact) mass is 309 g/mol. The molecule has 0 saturated heterocycles. The van der Waals surface area contributed by atoms with Gasteiger partial charge in [-0.15, -0.1) is 0 Å². The summed E-state index contributed by atoms with van der Waals surface area (Å²) in [5.74, 6) is 0. The van der Waals surface area contributed by atoms with Gasteiger partial charge in [-0.05, 0) is 44.0 Å². The third-order valence-corrected chi connectivity index (χ3v) is 4.59. The number of rotatable bonds is 11. The van der Waals surface area contributed by atoms with Gasteiger partial charge in [0.05, 0.1) is 0 Å². The van der Waals surface area contributed by atoms with Crippen LogP contribution in [0.1, 0.15) is 69.4 Å².